The molecule has 94 valence electrons. The average molecular weight is 222 g/mol. The van der Waals surface area contributed by atoms with Crippen molar-refractivity contribution in [1.29, 1.82) is 0 Å². The molecule has 0 aromatic rings. The molecule has 1 spiro atoms. The molecule has 2 saturated carbocycles. The Morgan fingerprint density at radius 2 is 1.44 bits per heavy atom. The van der Waals surface area contributed by atoms with Crippen LogP contribution in [0.4, 0.5) is 0 Å². The van der Waals surface area contributed by atoms with Crippen molar-refractivity contribution < 1.29 is 0 Å². The first-order valence-electron chi connectivity index (χ1n) is 7.15. The van der Waals surface area contributed by atoms with Crippen LogP contribution in [0.25, 0.3) is 0 Å². The van der Waals surface area contributed by atoms with Crippen LogP contribution in [0.1, 0.15) is 73.6 Å². The molecule has 0 aromatic heterocycles. The lowest BCUT2D eigenvalue weighted by Crippen LogP contribution is -2.12. The lowest BCUT2D eigenvalue weighted by molar-refractivity contribution is 0.485. The van der Waals surface area contributed by atoms with E-state index in [1.807, 2.05) is 27.7 Å². The summed E-state index contributed by atoms with van der Waals surface area (Å²) in [5, 5.41) is 0. The van der Waals surface area contributed by atoms with E-state index in [1.165, 1.54) is 32.1 Å². The van der Waals surface area contributed by atoms with Crippen molar-refractivity contribution >= 4 is 0 Å². The summed E-state index contributed by atoms with van der Waals surface area (Å²) in [6, 6.07) is 0. The van der Waals surface area contributed by atoms with Gasteiger partial charge in [0.15, 0.2) is 0 Å². The summed E-state index contributed by atoms with van der Waals surface area (Å²) in [5.41, 5.74) is 3.96. The highest BCUT2D eigenvalue weighted by Crippen LogP contribution is 2.60. The molecule has 0 aliphatic heterocycles. The molecule has 0 heteroatoms. The maximum absolute atomic E-state index is 2.35. The topological polar surface area (TPSA) is 0 Å². The zero-order chi connectivity index (χ0) is 12.6. The molecule has 0 radical (unpaired) electrons. The van der Waals surface area contributed by atoms with Gasteiger partial charge in [-0.15, -0.1) is 0 Å². The maximum Gasteiger partial charge on any atom is -0.00469 e. The molecule has 0 unspecified atom stereocenters. The standard InChI is InChI=1S/C12H18.2C2H6/c1-3-10-6-5-7-12(8-9-12)11(10)4-2;2*1-2/h3-4H,5-9H2,1-2H3;2*1-2H3/b10-3-,11-4+;;. The van der Waals surface area contributed by atoms with Gasteiger partial charge in [-0.1, -0.05) is 39.8 Å². The van der Waals surface area contributed by atoms with Crippen LogP contribution < -0.4 is 0 Å². The minimum atomic E-state index is 0.662. The van der Waals surface area contributed by atoms with Gasteiger partial charge in [-0.2, -0.15) is 0 Å². The molecule has 2 aliphatic carbocycles. The summed E-state index contributed by atoms with van der Waals surface area (Å²) < 4.78 is 0. The minimum Gasteiger partial charge on any atom is -0.0842 e. The second kappa shape index (κ2) is 7.70. The van der Waals surface area contributed by atoms with E-state index in [1.54, 1.807) is 11.1 Å². The molecule has 0 saturated heterocycles. The third-order valence-corrected chi connectivity index (χ3v) is 3.51. The molecule has 0 nitrogen and oxygen atoms in total. The Balaban J connectivity index is 0.000000509. The Kier molecular flexibility index (Phi) is 7.45. The van der Waals surface area contributed by atoms with Crippen LogP contribution in [0.5, 0.6) is 0 Å². The fourth-order valence-electron chi connectivity index (χ4n) is 2.69. The molecular formula is C16H30. The van der Waals surface area contributed by atoms with Crippen LogP contribution in [0.15, 0.2) is 23.3 Å². The van der Waals surface area contributed by atoms with Crippen LogP contribution in [-0.2, 0) is 0 Å². The van der Waals surface area contributed by atoms with Crippen molar-refractivity contribution in [2.24, 2.45) is 5.41 Å². The molecule has 0 aromatic carbocycles. The van der Waals surface area contributed by atoms with E-state index < -0.39 is 0 Å². The molecule has 0 N–H and O–H groups in total. The predicted molar refractivity (Wildman–Crippen MR) is 75.7 cm³/mol. The summed E-state index contributed by atoms with van der Waals surface area (Å²) in [4.78, 5) is 0. The molecule has 2 rings (SSSR count). The second-order valence-electron chi connectivity index (χ2n) is 4.15. The van der Waals surface area contributed by atoms with Gasteiger partial charge in [-0.05, 0) is 62.5 Å². The van der Waals surface area contributed by atoms with Crippen LogP contribution in [0.2, 0.25) is 0 Å². The summed E-state index contributed by atoms with van der Waals surface area (Å²) >= 11 is 0. The minimum absolute atomic E-state index is 0.662. The smallest absolute Gasteiger partial charge is 0.00469 e. The molecule has 0 amide bonds. The summed E-state index contributed by atoms with van der Waals surface area (Å²) in [7, 11) is 0. The largest absolute Gasteiger partial charge is 0.0842 e. The first-order valence-corrected chi connectivity index (χ1v) is 7.15. The van der Waals surface area contributed by atoms with Gasteiger partial charge in [0.1, 0.15) is 0 Å². The van der Waals surface area contributed by atoms with Crippen molar-refractivity contribution in [1.82, 2.24) is 0 Å². The van der Waals surface area contributed by atoms with E-state index in [0.29, 0.717) is 5.41 Å². The van der Waals surface area contributed by atoms with Crippen molar-refractivity contribution in [2.75, 3.05) is 0 Å². The Hall–Kier alpha value is -0.520. The summed E-state index contributed by atoms with van der Waals surface area (Å²) in [6.45, 7) is 12.4. The van der Waals surface area contributed by atoms with Crippen LogP contribution in [0, 0.1) is 5.41 Å². The van der Waals surface area contributed by atoms with Gasteiger partial charge in [0.05, 0.1) is 0 Å². The monoisotopic (exact) mass is 222 g/mol. The van der Waals surface area contributed by atoms with Crippen LogP contribution in [-0.4, -0.2) is 0 Å². The van der Waals surface area contributed by atoms with Gasteiger partial charge in [0.2, 0.25) is 0 Å². The molecule has 0 heterocycles. The molecule has 2 fully saturated rings. The molecule has 0 atom stereocenters. The van der Waals surface area contributed by atoms with E-state index in [0.717, 1.165) is 0 Å². The van der Waals surface area contributed by atoms with Gasteiger partial charge in [-0.3, -0.25) is 0 Å². The highest BCUT2D eigenvalue weighted by atomic mass is 14.5. The lowest BCUT2D eigenvalue weighted by Gasteiger charge is -2.27. The molecule has 16 heavy (non-hydrogen) atoms. The highest BCUT2D eigenvalue weighted by molar-refractivity contribution is 5.41. The predicted octanol–water partition coefficient (Wildman–Crippen LogP) is 5.90. The lowest BCUT2D eigenvalue weighted by atomic mass is 9.78. The van der Waals surface area contributed by atoms with Crippen LogP contribution >= 0.6 is 0 Å². The van der Waals surface area contributed by atoms with Crippen molar-refractivity contribution in [3.63, 3.8) is 0 Å². The van der Waals surface area contributed by atoms with Gasteiger partial charge >= 0.3 is 0 Å². The second-order valence-corrected chi connectivity index (χ2v) is 4.15. The van der Waals surface area contributed by atoms with E-state index in [2.05, 4.69) is 26.0 Å². The SMILES string of the molecule is C/C=C1/CCCC2(CC2)/C1=C/C.CC.CC. The van der Waals surface area contributed by atoms with Crippen molar-refractivity contribution in [3.8, 4) is 0 Å². The fraction of sp³-hybridized carbons (Fsp3) is 0.750. The van der Waals surface area contributed by atoms with Gasteiger partial charge < -0.3 is 0 Å². The highest BCUT2D eigenvalue weighted by Gasteiger charge is 2.47. The van der Waals surface area contributed by atoms with E-state index >= 15 is 0 Å². The number of allylic oxidation sites excluding steroid dienone is 4. The quantitative estimate of drug-likeness (QED) is 0.479. The maximum atomic E-state index is 2.35. The van der Waals surface area contributed by atoms with Gasteiger partial charge in [-0.25, -0.2) is 0 Å². The van der Waals surface area contributed by atoms with Crippen molar-refractivity contribution in [2.45, 2.75) is 73.6 Å². The Bertz CT molecular complexity index is 239. The normalized spacial score (nSPS) is 25.6. The first-order chi connectivity index (χ1) is 7.82. The van der Waals surface area contributed by atoms with Crippen LogP contribution in [0.3, 0.4) is 0 Å². The number of hydrogen-bond acceptors (Lipinski definition) is 0. The average Bonchev–Trinajstić information content (AvgIpc) is 3.14. The number of hydrogen-bond donors (Lipinski definition) is 0. The van der Waals surface area contributed by atoms with E-state index in [4.69, 9.17) is 0 Å². The zero-order valence-electron chi connectivity index (χ0n) is 12.2. The van der Waals surface area contributed by atoms with E-state index in [9.17, 15) is 0 Å². The zero-order valence-corrected chi connectivity index (χ0v) is 12.2. The summed E-state index contributed by atoms with van der Waals surface area (Å²) in [5.74, 6) is 0. The third-order valence-electron chi connectivity index (χ3n) is 3.51. The Labute approximate surface area is 103 Å². The van der Waals surface area contributed by atoms with Gasteiger partial charge in [0, 0.05) is 0 Å². The van der Waals surface area contributed by atoms with Gasteiger partial charge in [0.25, 0.3) is 0 Å². The van der Waals surface area contributed by atoms with E-state index in [-0.39, 0.29) is 0 Å². The Morgan fingerprint density at radius 3 is 1.81 bits per heavy atom. The third kappa shape index (κ3) is 3.23. The van der Waals surface area contributed by atoms with Crippen molar-refractivity contribution in [3.05, 3.63) is 23.3 Å². The molecule has 0 bridgehead atoms. The number of rotatable bonds is 0. The molecular weight excluding hydrogens is 192 g/mol. The Morgan fingerprint density at radius 1 is 0.875 bits per heavy atom. The fourth-order valence-corrected chi connectivity index (χ4v) is 2.69. The molecule has 2 aliphatic rings. The first kappa shape index (κ1) is 15.5. The summed E-state index contributed by atoms with van der Waals surface area (Å²) in [6.07, 6.45) is 11.7.